The van der Waals surface area contributed by atoms with Gasteiger partial charge < -0.3 is 19.7 Å². The Balaban J connectivity index is 0.000000448. The summed E-state index contributed by atoms with van der Waals surface area (Å²) in [6.45, 7) is 2.11. The number of aromatic hydroxyl groups is 1. The van der Waals surface area contributed by atoms with Crippen LogP contribution in [-0.2, 0) is 11.2 Å². The molecule has 0 aliphatic carbocycles. The molecule has 0 bridgehead atoms. The van der Waals surface area contributed by atoms with Crippen molar-refractivity contribution >= 4 is 27.8 Å². The fourth-order valence-electron chi connectivity index (χ4n) is 4.15. The minimum Gasteiger partial charge on any atom is -0.508 e. The molecule has 0 atom stereocenters. The second-order valence-electron chi connectivity index (χ2n) is 8.57. The first kappa shape index (κ1) is 27.2. The zero-order chi connectivity index (χ0) is 28.3. The molecule has 39 heavy (non-hydrogen) atoms. The number of phenolic OH excluding ortho intramolecular Hbond substituents is 1. The second kappa shape index (κ2) is 10.9. The number of nitrogens with one attached hydrogen (secondary N) is 1. The highest BCUT2D eigenvalue weighted by molar-refractivity contribution is 6.12. The number of aromatic amines is 1. The Kier molecular flexibility index (Phi) is 7.61. The number of hydrogen-bond acceptors (Lipinski definition) is 6. The minimum absolute atomic E-state index is 0.207. The number of aromatic nitrogens is 3. The summed E-state index contributed by atoms with van der Waals surface area (Å²) in [5.74, 6) is -1.27. The Labute approximate surface area is 220 Å². The first-order valence-electron chi connectivity index (χ1n) is 11.6. The van der Waals surface area contributed by atoms with Crippen LogP contribution < -0.4 is 9.47 Å². The second-order valence-corrected chi connectivity index (χ2v) is 8.57. The van der Waals surface area contributed by atoms with E-state index in [9.17, 15) is 18.3 Å². The van der Waals surface area contributed by atoms with Gasteiger partial charge in [0.1, 0.15) is 5.75 Å². The van der Waals surface area contributed by atoms with E-state index in [1.807, 2.05) is 36.4 Å². The summed E-state index contributed by atoms with van der Waals surface area (Å²) in [6.07, 6.45) is -4.37. The van der Waals surface area contributed by atoms with E-state index in [4.69, 9.17) is 24.4 Å². The lowest BCUT2D eigenvalue weighted by molar-refractivity contribution is -0.192. The van der Waals surface area contributed by atoms with E-state index in [0.29, 0.717) is 23.6 Å². The Morgan fingerprint density at radius 1 is 0.974 bits per heavy atom. The third-order valence-electron chi connectivity index (χ3n) is 6.10. The SMILES string of the molecule is COc1cc2c(-c3ccc(O)cc3)nc3n[nH]c(Cc4ccccc4C)c3c2cc1OC.O=C(O)C(F)(F)F. The summed E-state index contributed by atoms with van der Waals surface area (Å²) in [4.78, 5) is 13.8. The number of aliphatic carboxylic acids is 1. The molecule has 0 aliphatic heterocycles. The van der Waals surface area contributed by atoms with E-state index in [1.165, 1.54) is 11.1 Å². The Morgan fingerprint density at radius 2 is 1.56 bits per heavy atom. The number of ether oxygens (including phenoxy) is 2. The quantitative estimate of drug-likeness (QED) is 0.250. The molecule has 3 N–H and O–H groups in total. The number of fused-ring (bicyclic) bond motifs is 3. The van der Waals surface area contributed by atoms with Gasteiger partial charge in [-0.05, 0) is 54.4 Å². The largest absolute Gasteiger partial charge is 0.508 e. The molecule has 0 amide bonds. The van der Waals surface area contributed by atoms with Gasteiger partial charge in [0.05, 0.1) is 25.3 Å². The highest BCUT2D eigenvalue weighted by Gasteiger charge is 2.38. The molecule has 0 saturated heterocycles. The van der Waals surface area contributed by atoms with Crippen LogP contribution in [0.25, 0.3) is 33.1 Å². The number of rotatable bonds is 5. The fraction of sp³-hybridized carbons (Fsp3) is 0.179. The molecule has 5 aromatic rings. The number of carboxylic acids is 1. The van der Waals surface area contributed by atoms with Gasteiger partial charge in [0.25, 0.3) is 0 Å². The molecule has 0 fully saturated rings. The molecular formula is C28H24F3N3O5. The summed E-state index contributed by atoms with van der Waals surface area (Å²) in [5, 5.41) is 27.5. The molecule has 0 unspecified atom stereocenters. The first-order valence-corrected chi connectivity index (χ1v) is 11.6. The average Bonchev–Trinajstić information content (AvgIpc) is 3.31. The van der Waals surface area contributed by atoms with E-state index < -0.39 is 12.1 Å². The topological polar surface area (TPSA) is 118 Å². The van der Waals surface area contributed by atoms with Gasteiger partial charge in [0.15, 0.2) is 17.1 Å². The van der Waals surface area contributed by atoms with E-state index in [0.717, 1.165) is 33.1 Å². The van der Waals surface area contributed by atoms with Crippen molar-refractivity contribution in [3.05, 3.63) is 77.5 Å². The maximum atomic E-state index is 10.6. The number of benzene rings is 3. The number of aryl methyl sites for hydroxylation is 1. The Bertz CT molecular complexity index is 1650. The molecule has 5 rings (SSSR count). The van der Waals surface area contributed by atoms with E-state index in [1.54, 1.807) is 26.4 Å². The number of nitrogens with zero attached hydrogens (tertiary/aromatic N) is 2. The van der Waals surface area contributed by atoms with Crippen molar-refractivity contribution in [3.8, 4) is 28.5 Å². The highest BCUT2D eigenvalue weighted by atomic mass is 19.4. The lowest BCUT2D eigenvalue weighted by Gasteiger charge is -2.13. The minimum atomic E-state index is -5.08. The van der Waals surface area contributed by atoms with Crippen molar-refractivity contribution < 1.29 is 37.7 Å². The van der Waals surface area contributed by atoms with Crippen LogP contribution in [0.5, 0.6) is 17.2 Å². The third-order valence-corrected chi connectivity index (χ3v) is 6.10. The maximum Gasteiger partial charge on any atom is 0.490 e. The van der Waals surface area contributed by atoms with Gasteiger partial charge in [0, 0.05) is 28.5 Å². The predicted octanol–water partition coefficient (Wildman–Crippen LogP) is 6.03. The molecule has 3 aromatic carbocycles. The normalized spacial score (nSPS) is 11.2. The van der Waals surface area contributed by atoms with Gasteiger partial charge >= 0.3 is 12.1 Å². The molecule has 0 aliphatic rings. The van der Waals surface area contributed by atoms with Crippen LogP contribution >= 0.6 is 0 Å². The molecule has 0 spiro atoms. The van der Waals surface area contributed by atoms with Gasteiger partial charge in [-0.1, -0.05) is 24.3 Å². The Morgan fingerprint density at radius 3 is 2.13 bits per heavy atom. The fourth-order valence-corrected chi connectivity index (χ4v) is 4.15. The number of hydrogen-bond donors (Lipinski definition) is 3. The zero-order valence-electron chi connectivity index (χ0n) is 21.1. The molecule has 0 saturated carbocycles. The molecular weight excluding hydrogens is 515 g/mol. The van der Waals surface area contributed by atoms with Gasteiger partial charge in [-0.2, -0.15) is 18.3 Å². The summed E-state index contributed by atoms with van der Waals surface area (Å²) >= 11 is 0. The number of H-pyrrole nitrogens is 1. The summed E-state index contributed by atoms with van der Waals surface area (Å²) in [7, 11) is 3.25. The first-order chi connectivity index (χ1) is 18.5. The number of carboxylic acid groups (broad SMARTS) is 1. The Hall–Kier alpha value is -4.80. The molecule has 2 heterocycles. The number of methoxy groups -OCH3 is 2. The van der Waals surface area contributed by atoms with Gasteiger partial charge in [0.2, 0.25) is 0 Å². The smallest absolute Gasteiger partial charge is 0.490 e. The number of carbonyl (C=O) groups is 1. The summed E-state index contributed by atoms with van der Waals surface area (Å²) in [5.41, 5.74) is 5.74. The average molecular weight is 540 g/mol. The summed E-state index contributed by atoms with van der Waals surface area (Å²) in [6, 6.07) is 19.3. The van der Waals surface area contributed by atoms with Crippen LogP contribution in [0.2, 0.25) is 0 Å². The molecule has 202 valence electrons. The van der Waals surface area contributed by atoms with Crippen molar-refractivity contribution in [2.45, 2.75) is 19.5 Å². The van der Waals surface area contributed by atoms with Crippen LogP contribution in [0.1, 0.15) is 16.8 Å². The van der Waals surface area contributed by atoms with Crippen LogP contribution in [0.3, 0.4) is 0 Å². The van der Waals surface area contributed by atoms with Crippen molar-refractivity contribution in [1.29, 1.82) is 0 Å². The zero-order valence-corrected chi connectivity index (χ0v) is 21.1. The van der Waals surface area contributed by atoms with E-state index >= 15 is 0 Å². The van der Waals surface area contributed by atoms with E-state index in [2.05, 4.69) is 29.3 Å². The predicted molar refractivity (Wildman–Crippen MR) is 139 cm³/mol. The summed E-state index contributed by atoms with van der Waals surface area (Å²) < 4.78 is 42.9. The lowest BCUT2D eigenvalue weighted by atomic mass is 9.97. The molecule has 11 heteroatoms. The van der Waals surface area contributed by atoms with Crippen molar-refractivity contribution in [2.75, 3.05) is 14.2 Å². The lowest BCUT2D eigenvalue weighted by Crippen LogP contribution is -2.21. The molecule has 8 nitrogen and oxygen atoms in total. The van der Waals surface area contributed by atoms with Crippen molar-refractivity contribution in [3.63, 3.8) is 0 Å². The number of alkyl halides is 3. The standard InChI is InChI=1S/C26H23N3O3.C2HF3O2/c1-15-6-4-5-7-17(15)12-21-24-19-13-22(31-2)23(32-3)14-20(19)25(27-26(24)29-28-21)16-8-10-18(30)11-9-16;3-2(4,5)1(6)7/h4-11,13-14,30H,12H2,1-3H3,(H,27,28,29);(H,6,7). The number of pyridine rings is 1. The molecule has 2 aromatic heterocycles. The van der Waals surface area contributed by atoms with Crippen LogP contribution in [0, 0.1) is 6.92 Å². The maximum absolute atomic E-state index is 10.6. The van der Waals surface area contributed by atoms with Gasteiger partial charge in [-0.15, -0.1) is 0 Å². The van der Waals surface area contributed by atoms with E-state index in [-0.39, 0.29) is 5.75 Å². The van der Waals surface area contributed by atoms with Crippen LogP contribution in [0.15, 0.2) is 60.7 Å². The van der Waals surface area contributed by atoms with Crippen LogP contribution in [-0.4, -0.2) is 51.8 Å². The molecule has 0 radical (unpaired) electrons. The highest BCUT2D eigenvalue weighted by Crippen LogP contribution is 2.40. The van der Waals surface area contributed by atoms with Gasteiger partial charge in [-0.25, -0.2) is 9.78 Å². The van der Waals surface area contributed by atoms with Crippen molar-refractivity contribution in [2.24, 2.45) is 0 Å². The van der Waals surface area contributed by atoms with Crippen molar-refractivity contribution in [1.82, 2.24) is 15.2 Å². The number of halogens is 3. The van der Waals surface area contributed by atoms with Crippen LogP contribution in [0.4, 0.5) is 13.2 Å². The third kappa shape index (κ3) is 5.71. The van der Waals surface area contributed by atoms with Gasteiger partial charge in [-0.3, -0.25) is 5.10 Å². The monoisotopic (exact) mass is 539 g/mol. The number of phenols is 1.